The van der Waals surface area contributed by atoms with Crippen molar-refractivity contribution in [1.29, 1.82) is 0 Å². The Morgan fingerprint density at radius 3 is 3.09 bits per heavy atom. The van der Waals surface area contributed by atoms with Crippen molar-refractivity contribution >= 4 is 35.8 Å². The van der Waals surface area contributed by atoms with Crippen LogP contribution in [0.2, 0.25) is 0 Å². The smallest absolute Gasteiger partial charge is 0.205 e. The first-order valence-corrected chi connectivity index (χ1v) is 6.36. The Kier molecular flexibility index (Phi) is 1.99. The molecule has 2 rings (SSSR count). The van der Waals surface area contributed by atoms with E-state index in [2.05, 4.69) is 31.4 Å². The van der Waals surface area contributed by atoms with Gasteiger partial charge in [0.2, 0.25) is 5.16 Å². The lowest BCUT2D eigenvalue weighted by atomic mass is 10.5. The van der Waals surface area contributed by atoms with Crippen molar-refractivity contribution in [3.8, 4) is 0 Å². The normalized spacial score (nSPS) is 10.6. The summed E-state index contributed by atoms with van der Waals surface area (Å²) in [6.45, 7) is 0. The predicted molar refractivity (Wildman–Crippen MR) is 52.9 cm³/mol. The summed E-state index contributed by atoms with van der Waals surface area (Å²) in [4.78, 5) is 0. The molecule has 0 N–H and O–H groups in total. The molecule has 11 heavy (non-hydrogen) atoms. The first kappa shape index (κ1) is 7.35. The van der Waals surface area contributed by atoms with Gasteiger partial charge >= 0.3 is 0 Å². The van der Waals surface area contributed by atoms with Gasteiger partial charge in [0.1, 0.15) is 0 Å². The highest BCUT2D eigenvalue weighted by Crippen LogP contribution is 2.22. The molecule has 0 aliphatic heterocycles. The Hall–Kier alpha value is -0.300. The highest BCUT2D eigenvalue weighted by molar-refractivity contribution is 14.2. The van der Waals surface area contributed by atoms with Gasteiger partial charge in [-0.25, -0.2) is 0 Å². The molecule has 0 saturated carbocycles. The largest absolute Gasteiger partial charge is 0.277 e. The molecule has 0 amide bonds. The molecule has 5 heteroatoms. The third kappa shape index (κ3) is 1.22. The molecule has 0 bridgehead atoms. The summed E-state index contributed by atoms with van der Waals surface area (Å²) in [5.74, 6) is 0. The molecular weight excluding hydrogens is 273 g/mol. The van der Waals surface area contributed by atoms with Gasteiger partial charge in [0.25, 0.3) is 0 Å². The van der Waals surface area contributed by atoms with Crippen molar-refractivity contribution in [2.75, 3.05) is 0 Å². The van der Waals surface area contributed by atoms with Gasteiger partial charge < -0.3 is 0 Å². The first-order valence-electron chi connectivity index (χ1n) is 3.00. The zero-order chi connectivity index (χ0) is 7.68. The summed E-state index contributed by atoms with van der Waals surface area (Å²) < 4.78 is 1.96. The fourth-order valence-corrected chi connectivity index (χ4v) is 2.07. The maximum Gasteiger partial charge on any atom is 0.205 e. The maximum absolute atomic E-state index is 3.98. The Labute approximate surface area is 79.8 Å². The number of rotatable bonds is 1. The van der Waals surface area contributed by atoms with Gasteiger partial charge in [0, 0.05) is 27.4 Å². The summed E-state index contributed by atoms with van der Waals surface area (Å²) in [5, 5.41) is 8.88. The van der Waals surface area contributed by atoms with Crippen LogP contribution in [0.1, 0.15) is 0 Å². The van der Waals surface area contributed by atoms with Crippen LogP contribution in [-0.4, -0.2) is 14.6 Å². The van der Waals surface area contributed by atoms with E-state index >= 15 is 0 Å². The minimum Gasteiger partial charge on any atom is -0.277 e. The SMILES string of the molecule is ISc1nnc2ccccn12. The molecular formula is C6H4IN3S. The molecule has 2 aromatic rings. The summed E-state index contributed by atoms with van der Waals surface area (Å²) in [6, 6.07) is 5.85. The Morgan fingerprint density at radius 2 is 2.27 bits per heavy atom. The van der Waals surface area contributed by atoms with Crippen LogP contribution >= 0.6 is 30.1 Å². The van der Waals surface area contributed by atoms with E-state index in [-0.39, 0.29) is 0 Å². The van der Waals surface area contributed by atoms with Crippen molar-refractivity contribution in [3.63, 3.8) is 0 Å². The maximum atomic E-state index is 3.98. The van der Waals surface area contributed by atoms with Crippen LogP contribution in [0.15, 0.2) is 29.6 Å². The van der Waals surface area contributed by atoms with Gasteiger partial charge in [-0.1, -0.05) is 6.07 Å². The van der Waals surface area contributed by atoms with Crippen LogP contribution in [0.4, 0.5) is 0 Å². The standard InChI is InChI=1S/C6H4IN3S/c7-11-6-9-8-5-3-1-2-4-10(5)6/h1-4H. The van der Waals surface area contributed by atoms with E-state index in [1.807, 2.05) is 28.8 Å². The number of hydrogen-bond donors (Lipinski definition) is 0. The molecule has 3 nitrogen and oxygen atoms in total. The monoisotopic (exact) mass is 277 g/mol. The highest BCUT2D eigenvalue weighted by Gasteiger charge is 2.01. The van der Waals surface area contributed by atoms with Gasteiger partial charge in [-0.05, 0) is 21.1 Å². The van der Waals surface area contributed by atoms with E-state index < -0.39 is 0 Å². The van der Waals surface area contributed by atoms with E-state index in [0.29, 0.717) is 0 Å². The number of fused-ring (bicyclic) bond motifs is 1. The van der Waals surface area contributed by atoms with Crippen LogP contribution < -0.4 is 0 Å². The number of pyridine rings is 1. The highest BCUT2D eigenvalue weighted by atomic mass is 127. The number of nitrogens with zero attached hydrogens (tertiary/aromatic N) is 3. The zero-order valence-corrected chi connectivity index (χ0v) is 8.41. The molecule has 0 fully saturated rings. The first-order chi connectivity index (χ1) is 5.42. The van der Waals surface area contributed by atoms with Crippen molar-refractivity contribution in [1.82, 2.24) is 14.6 Å². The number of aromatic nitrogens is 3. The summed E-state index contributed by atoms with van der Waals surface area (Å²) in [5.41, 5.74) is 0.895. The van der Waals surface area contributed by atoms with Crippen molar-refractivity contribution in [2.45, 2.75) is 5.16 Å². The van der Waals surface area contributed by atoms with E-state index in [9.17, 15) is 0 Å². The molecule has 2 heterocycles. The summed E-state index contributed by atoms with van der Waals surface area (Å²) >= 11 is 2.19. The molecule has 0 atom stereocenters. The second kappa shape index (κ2) is 2.98. The van der Waals surface area contributed by atoms with E-state index in [4.69, 9.17) is 0 Å². The average molecular weight is 277 g/mol. The van der Waals surface area contributed by atoms with E-state index in [1.54, 1.807) is 8.93 Å². The summed E-state index contributed by atoms with van der Waals surface area (Å²) in [6.07, 6.45) is 1.95. The fourth-order valence-electron chi connectivity index (χ4n) is 0.872. The summed E-state index contributed by atoms with van der Waals surface area (Å²) in [7, 11) is 1.56. The van der Waals surface area contributed by atoms with Crippen molar-refractivity contribution in [3.05, 3.63) is 24.4 Å². The number of hydrogen-bond acceptors (Lipinski definition) is 3. The van der Waals surface area contributed by atoms with Crippen LogP contribution in [0, 0.1) is 0 Å². The second-order valence-electron chi connectivity index (χ2n) is 1.99. The van der Waals surface area contributed by atoms with Crippen LogP contribution in [0.3, 0.4) is 0 Å². The van der Waals surface area contributed by atoms with Gasteiger partial charge in [-0.3, -0.25) is 4.40 Å². The molecule has 0 saturated heterocycles. The van der Waals surface area contributed by atoms with Gasteiger partial charge in [0.05, 0.1) is 0 Å². The lowest BCUT2D eigenvalue weighted by Gasteiger charge is -1.91. The molecule has 2 aromatic heterocycles. The molecule has 56 valence electrons. The van der Waals surface area contributed by atoms with Crippen LogP contribution in [0.5, 0.6) is 0 Å². The van der Waals surface area contributed by atoms with Gasteiger partial charge in [-0.2, -0.15) is 0 Å². The molecule has 0 aromatic carbocycles. The van der Waals surface area contributed by atoms with Crippen molar-refractivity contribution < 1.29 is 0 Å². The lowest BCUT2D eigenvalue weighted by molar-refractivity contribution is 0.928. The van der Waals surface area contributed by atoms with Crippen LogP contribution in [-0.2, 0) is 0 Å². The Balaban J connectivity index is 2.76. The molecule has 0 radical (unpaired) electrons. The van der Waals surface area contributed by atoms with Crippen molar-refractivity contribution in [2.24, 2.45) is 0 Å². The third-order valence-corrected chi connectivity index (χ3v) is 2.95. The Morgan fingerprint density at radius 1 is 1.36 bits per heavy atom. The zero-order valence-electron chi connectivity index (χ0n) is 5.44. The quantitative estimate of drug-likeness (QED) is 0.748. The molecule has 0 spiro atoms. The van der Waals surface area contributed by atoms with Gasteiger partial charge in [-0.15, -0.1) is 10.2 Å². The average Bonchev–Trinajstić information content (AvgIpc) is 2.47. The number of halogens is 1. The fraction of sp³-hybridized carbons (Fsp3) is 0. The van der Waals surface area contributed by atoms with E-state index in [0.717, 1.165) is 10.8 Å². The molecule has 0 aliphatic rings. The predicted octanol–water partition coefficient (Wildman–Crippen LogP) is 2.17. The molecule has 0 unspecified atom stereocenters. The molecule has 0 aliphatic carbocycles. The topological polar surface area (TPSA) is 30.2 Å². The third-order valence-electron chi connectivity index (χ3n) is 1.35. The lowest BCUT2D eigenvalue weighted by Crippen LogP contribution is -1.82. The Bertz CT molecular complexity index is 373. The minimum absolute atomic E-state index is 0.895. The van der Waals surface area contributed by atoms with Crippen LogP contribution in [0.25, 0.3) is 5.65 Å². The van der Waals surface area contributed by atoms with Gasteiger partial charge in [0.15, 0.2) is 5.65 Å². The second-order valence-corrected chi connectivity index (χ2v) is 3.83. The van der Waals surface area contributed by atoms with E-state index in [1.165, 1.54) is 0 Å². The minimum atomic E-state index is 0.895.